The van der Waals surface area contributed by atoms with E-state index in [0.29, 0.717) is 12.1 Å². The number of rotatable bonds is 5. The Labute approximate surface area is 154 Å². The highest BCUT2D eigenvalue weighted by molar-refractivity contribution is 7.89. The van der Waals surface area contributed by atoms with Crippen LogP contribution in [0, 0.1) is 15.9 Å². The predicted molar refractivity (Wildman–Crippen MR) is 95.7 cm³/mol. The lowest BCUT2D eigenvalue weighted by Gasteiger charge is -2.18. The number of nitro groups is 1. The van der Waals surface area contributed by atoms with Crippen LogP contribution in [0.15, 0.2) is 41.3 Å². The van der Waals surface area contributed by atoms with Crippen molar-refractivity contribution in [3.05, 3.63) is 63.5 Å². The number of carbonyl (C=O) groups is 1. The molecule has 0 fully saturated rings. The Balaban J connectivity index is 2.01. The second kappa shape index (κ2) is 7.05. The highest BCUT2D eigenvalue weighted by atomic mass is 32.2. The first-order valence-corrected chi connectivity index (χ1v) is 9.61. The topological polar surface area (TPSA) is 110 Å². The number of anilines is 1. The molecule has 2 aromatic rings. The number of carbonyl (C=O) groups excluding carboxylic acids is 1. The summed E-state index contributed by atoms with van der Waals surface area (Å²) in [5.74, 6) is -1.62. The number of nitrogens with zero attached hydrogens (tertiary/aromatic N) is 2. The van der Waals surface area contributed by atoms with Crippen LogP contribution in [0.4, 0.5) is 15.8 Å². The van der Waals surface area contributed by atoms with E-state index in [-0.39, 0.29) is 23.7 Å². The normalized spacial score (nSPS) is 13.5. The van der Waals surface area contributed by atoms with E-state index in [0.717, 1.165) is 23.8 Å². The highest BCUT2D eigenvalue weighted by Gasteiger charge is 2.30. The van der Waals surface area contributed by atoms with Crippen LogP contribution in [-0.4, -0.2) is 32.3 Å². The van der Waals surface area contributed by atoms with E-state index in [1.165, 1.54) is 17.0 Å². The van der Waals surface area contributed by atoms with Crippen LogP contribution in [0.1, 0.15) is 22.8 Å². The van der Waals surface area contributed by atoms with Gasteiger partial charge in [0.1, 0.15) is 5.82 Å². The molecule has 2 aromatic carbocycles. The molecule has 3 rings (SSSR count). The smallest absolute Gasteiger partial charge is 0.271 e. The molecule has 10 heteroatoms. The molecule has 0 spiro atoms. The maximum atomic E-state index is 14.3. The van der Waals surface area contributed by atoms with Crippen molar-refractivity contribution in [3.8, 4) is 0 Å². The number of fused-ring (bicyclic) bond motifs is 1. The maximum Gasteiger partial charge on any atom is 0.271 e. The van der Waals surface area contributed by atoms with Gasteiger partial charge < -0.3 is 4.90 Å². The number of hydrogen-bond donors (Lipinski definition) is 1. The molecule has 1 N–H and O–H groups in total. The number of amides is 1. The van der Waals surface area contributed by atoms with Gasteiger partial charge in [0.15, 0.2) is 0 Å². The molecule has 0 saturated heterocycles. The second-order valence-electron chi connectivity index (χ2n) is 5.92. The van der Waals surface area contributed by atoms with Gasteiger partial charge in [-0.15, -0.1) is 0 Å². The van der Waals surface area contributed by atoms with Crippen LogP contribution in [-0.2, 0) is 16.4 Å². The monoisotopic (exact) mass is 393 g/mol. The fourth-order valence-electron chi connectivity index (χ4n) is 2.95. The number of non-ortho nitro benzene ring substituents is 1. The van der Waals surface area contributed by atoms with Gasteiger partial charge in [0.25, 0.3) is 11.6 Å². The van der Waals surface area contributed by atoms with Gasteiger partial charge in [-0.1, -0.05) is 13.0 Å². The molecule has 27 heavy (non-hydrogen) atoms. The van der Waals surface area contributed by atoms with Gasteiger partial charge >= 0.3 is 0 Å². The minimum Gasteiger partial charge on any atom is -0.307 e. The molecule has 1 aliphatic heterocycles. The summed E-state index contributed by atoms with van der Waals surface area (Å²) < 4.78 is 40.8. The summed E-state index contributed by atoms with van der Waals surface area (Å²) in [6.07, 6.45) is 0.468. The molecule has 0 bridgehead atoms. The number of halogens is 1. The zero-order chi connectivity index (χ0) is 19.8. The molecule has 0 aromatic heterocycles. The summed E-state index contributed by atoms with van der Waals surface area (Å²) >= 11 is 0. The van der Waals surface area contributed by atoms with E-state index in [9.17, 15) is 27.7 Å². The lowest BCUT2D eigenvalue weighted by Crippen LogP contribution is -2.30. The first-order valence-electron chi connectivity index (χ1n) is 8.13. The minimum absolute atomic E-state index is 0.145. The quantitative estimate of drug-likeness (QED) is 0.619. The third-order valence-electron chi connectivity index (χ3n) is 4.23. The van der Waals surface area contributed by atoms with Crippen LogP contribution < -0.4 is 9.62 Å². The lowest BCUT2D eigenvalue weighted by molar-refractivity contribution is -0.384. The van der Waals surface area contributed by atoms with Gasteiger partial charge in [0.05, 0.1) is 21.1 Å². The molecule has 142 valence electrons. The summed E-state index contributed by atoms with van der Waals surface area (Å²) in [7, 11) is -3.86. The third kappa shape index (κ3) is 3.53. The zero-order valence-electron chi connectivity index (χ0n) is 14.3. The Morgan fingerprint density at radius 1 is 1.30 bits per heavy atom. The van der Waals surface area contributed by atoms with E-state index in [4.69, 9.17) is 0 Å². The summed E-state index contributed by atoms with van der Waals surface area (Å²) in [5, 5.41) is 11.0. The van der Waals surface area contributed by atoms with Crippen LogP contribution in [0.2, 0.25) is 0 Å². The number of sulfonamides is 1. The van der Waals surface area contributed by atoms with E-state index < -0.39 is 32.2 Å². The average molecular weight is 393 g/mol. The van der Waals surface area contributed by atoms with Crippen molar-refractivity contribution in [2.24, 2.45) is 0 Å². The molecular formula is C17H16FN3O5S. The Kier molecular flexibility index (Phi) is 4.94. The van der Waals surface area contributed by atoms with Gasteiger partial charge in [-0.3, -0.25) is 14.9 Å². The van der Waals surface area contributed by atoms with Crippen molar-refractivity contribution >= 4 is 27.3 Å². The molecule has 0 atom stereocenters. The largest absolute Gasteiger partial charge is 0.307 e. The van der Waals surface area contributed by atoms with E-state index in [2.05, 4.69) is 4.72 Å². The van der Waals surface area contributed by atoms with Crippen LogP contribution >= 0.6 is 0 Å². The van der Waals surface area contributed by atoms with Crippen molar-refractivity contribution in [2.45, 2.75) is 18.2 Å². The van der Waals surface area contributed by atoms with Crippen molar-refractivity contribution in [1.29, 1.82) is 0 Å². The van der Waals surface area contributed by atoms with E-state index in [1.807, 2.05) is 0 Å². The SMILES string of the molecule is CCNS(=O)(=O)c1ccc(F)c(C(=O)N2CCc3ccc([N+](=O)[O-])cc32)c1. The highest BCUT2D eigenvalue weighted by Crippen LogP contribution is 2.33. The molecule has 0 saturated carbocycles. The first-order chi connectivity index (χ1) is 12.7. The van der Waals surface area contributed by atoms with Gasteiger partial charge in [-0.25, -0.2) is 17.5 Å². The molecular weight excluding hydrogens is 377 g/mol. The van der Waals surface area contributed by atoms with Gasteiger partial charge in [0.2, 0.25) is 10.0 Å². The van der Waals surface area contributed by atoms with Crippen LogP contribution in [0.25, 0.3) is 0 Å². The van der Waals surface area contributed by atoms with Crippen LogP contribution in [0.5, 0.6) is 0 Å². The maximum absolute atomic E-state index is 14.3. The van der Waals surface area contributed by atoms with Crippen LogP contribution in [0.3, 0.4) is 0 Å². The molecule has 8 nitrogen and oxygen atoms in total. The number of nitro benzene ring substituents is 1. The molecule has 1 heterocycles. The molecule has 0 aliphatic carbocycles. The van der Waals surface area contributed by atoms with Crippen molar-refractivity contribution in [1.82, 2.24) is 4.72 Å². The third-order valence-corrected chi connectivity index (χ3v) is 5.78. The van der Waals surface area contributed by atoms with E-state index in [1.54, 1.807) is 13.0 Å². The van der Waals surface area contributed by atoms with Crippen molar-refractivity contribution in [3.63, 3.8) is 0 Å². The zero-order valence-corrected chi connectivity index (χ0v) is 15.1. The number of nitrogens with one attached hydrogen (secondary N) is 1. The predicted octanol–water partition coefficient (Wildman–Crippen LogP) is 2.24. The minimum atomic E-state index is -3.86. The molecule has 1 amide bonds. The number of hydrogen-bond acceptors (Lipinski definition) is 5. The Hall–Kier alpha value is -2.85. The summed E-state index contributed by atoms with van der Waals surface area (Å²) in [6, 6.07) is 7.14. The fourth-order valence-corrected chi connectivity index (χ4v) is 4.01. The lowest BCUT2D eigenvalue weighted by atomic mass is 10.1. The van der Waals surface area contributed by atoms with Crippen molar-refractivity contribution in [2.75, 3.05) is 18.0 Å². The van der Waals surface area contributed by atoms with Gasteiger partial charge in [-0.05, 0) is 30.2 Å². The molecule has 1 aliphatic rings. The summed E-state index contributed by atoms with van der Waals surface area (Å²) in [5.41, 5.74) is 0.463. The van der Waals surface area contributed by atoms with Gasteiger partial charge in [-0.2, -0.15) is 0 Å². The fraction of sp³-hybridized carbons (Fsp3) is 0.235. The first kappa shape index (κ1) is 18.9. The number of benzene rings is 2. The van der Waals surface area contributed by atoms with Gasteiger partial charge in [0, 0.05) is 25.2 Å². The summed E-state index contributed by atoms with van der Waals surface area (Å²) in [4.78, 5) is 24.3. The summed E-state index contributed by atoms with van der Waals surface area (Å²) in [6.45, 7) is 1.96. The molecule has 0 radical (unpaired) electrons. The second-order valence-corrected chi connectivity index (χ2v) is 7.69. The Morgan fingerprint density at radius 3 is 2.70 bits per heavy atom. The standard InChI is InChI=1S/C17H16FN3O5S/c1-2-19-27(25,26)13-5-6-15(18)14(10-13)17(22)20-8-7-11-3-4-12(21(23)24)9-16(11)20/h3-6,9-10,19H,2,7-8H2,1H3. The Morgan fingerprint density at radius 2 is 2.04 bits per heavy atom. The van der Waals surface area contributed by atoms with E-state index >= 15 is 0 Å². The van der Waals surface area contributed by atoms with Crippen molar-refractivity contribution < 1.29 is 22.5 Å². The average Bonchev–Trinajstić information content (AvgIpc) is 3.04. The molecule has 0 unspecified atom stereocenters. The Bertz CT molecular complexity index is 1040.